The topological polar surface area (TPSA) is 38.3 Å². The summed E-state index contributed by atoms with van der Waals surface area (Å²) in [6.07, 6.45) is 0. The molecule has 4 heteroatoms. The summed E-state index contributed by atoms with van der Waals surface area (Å²) in [6.45, 7) is 4.16. The first-order chi connectivity index (χ1) is 10.5. The molecule has 1 amide bonds. The maximum absolute atomic E-state index is 12.4. The molecule has 0 unspecified atom stereocenters. The van der Waals surface area contributed by atoms with Crippen molar-refractivity contribution in [3.05, 3.63) is 64.7 Å². The van der Waals surface area contributed by atoms with Crippen LogP contribution < -0.4 is 10.1 Å². The second-order valence-electron chi connectivity index (χ2n) is 5.48. The van der Waals surface area contributed by atoms with Crippen LogP contribution in [0.1, 0.15) is 35.8 Å². The van der Waals surface area contributed by atoms with Crippen molar-refractivity contribution in [1.82, 2.24) is 5.32 Å². The standard InChI is InChI=1S/C18H20ClNO2/c1-12(2)17(13-6-10-16(22-3)11-7-13)20-18(21)14-4-8-15(19)9-5-14/h4-12,17H,1-3H3,(H,20,21)/t17-/m1/s1. The minimum atomic E-state index is -0.105. The molecule has 0 aliphatic rings. The van der Waals surface area contributed by atoms with E-state index in [1.54, 1.807) is 31.4 Å². The van der Waals surface area contributed by atoms with Gasteiger partial charge in [-0.3, -0.25) is 4.79 Å². The fourth-order valence-electron chi connectivity index (χ4n) is 2.27. The molecule has 0 aliphatic carbocycles. The molecular weight excluding hydrogens is 298 g/mol. The number of methoxy groups -OCH3 is 1. The van der Waals surface area contributed by atoms with E-state index in [9.17, 15) is 4.79 Å². The molecule has 0 aromatic heterocycles. The number of rotatable bonds is 5. The lowest BCUT2D eigenvalue weighted by molar-refractivity contribution is 0.0925. The number of carbonyl (C=O) groups excluding carboxylic acids is 1. The van der Waals surface area contributed by atoms with Crippen molar-refractivity contribution in [3.8, 4) is 5.75 Å². The van der Waals surface area contributed by atoms with Crippen LogP contribution in [0, 0.1) is 5.92 Å². The molecular formula is C18H20ClNO2. The van der Waals surface area contributed by atoms with Gasteiger partial charge < -0.3 is 10.1 Å². The Kier molecular flexibility index (Phi) is 5.45. The quantitative estimate of drug-likeness (QED) is 0.883. The van der Waals surface area contributed by atoms with E-state index in [0.29, 0.717) is 10.6 Å². The molecule has 0 bridgehead atoms. The van der Waals surface area contributed by atoms with Gasteiger partial charge in [-0.1, -0.05) is 37.6 Å². The minimum absolute atomic E-state index is 0.0610. The Morgan fingerprint density at radius 2 is 1.64 bits per heavy atom. The van der Waals surface area contributed by atoms with Crippen LogP contribution in [0.3, 0.4) is 0 Å². The zero-order valence-electron chi connectivity index (χ0n) is 13.0. The first-order valence-corrected chi connectivity index (χ1v) is 7.59. The highest BCUT2D eigenvalue weighted by Gasteiger charge is 2.19. The Bertz CT molecular complexity index is 621. The molecule has 1 atom stereocenters. The van der Waals surface area contributed by atoms with Gasteiger partial charge in [-0.25, -0.2) is 0 Å². The molecule has 3 nitrogen and oxygen atoms in total. The number of amides is 1. The van der Waals surface area contributed by atoms with Crippen molar-refractivity contribution >= 4 is 17.5 Å². The highest BCUT2D eigenvalue weighted by Crippen LogP contribution is 2.24. The molecule has 0 heterocycles. The summed E-state index contributed by atoms with van der Waals surface area (Å²) >= 11 is 5.85. The monoisotopic (exact) mass is 317 g/mol. The smallest absolute Gasteiger partial charge is 0.251 e. The maximum atomic E-state index is 12.4. The number of ether oxygens (including phenoxy) is 1. The van der Waals surface area contributed by atoms with Gasteiger partial charge in [0, 0.05) is 10.6 Å². The zero-order valence-corrected chi connectivity index (χ0v) is 13.7. The van der Waals surface area contributed by atoms with E-state index in [0.717, 1.165) is 11.3 Å². The Balaban J connectivity index is 2.17. The van der Waals surface area contributed by atoms with Crippen LogP contribution in [-0.4, -0.2) is 13.0 Å². The minimum Gasteiger partial charge on any atom is -0.497 e. The van der Waals surface area contributed by atoms with E-state index < -0.39 is 0 Å². The van der Waals surface area contributed by atoms with Crippen molar-refractivity contribution in [2.24, 2.45) is 5.92 Å². The number of benzene rings is 2. The van der Waals surface area contributed by atoms with Gasteiger partial charge in [0.25, 0.3) is 5.91 Å². The molecule has 2 aromatic rings. The van der Waals surface area contributed by atoms with Crippen LogP contribution in [0.5, 0.6) is 5.75 Å². The average Bonchev–Trinajstić information content (AvgIpc) is 2.53. The van der Waals surface area contributed by atoms with Gasteiger partial charge in [0.2, 0.25) is 0 Å². The molecule has 2 rings (SSSR count). The Morgan fingerprint density at radius 1 is 1.05 bits per heavy atom. The second kappa shape index (κ2) is 7.32. The number of carbonyl (C=O) groups is 1. The predicted molar refractivity (Wildman–Crippen MR) is 89.5 cm³/mol. The van der Waals surface area contributed by atoms with Crippen molar-refractivity contribution in [1.29, 1.82) is 0 Å². The number of nitrogens with one attached hydrogen (secondary N) is 1. The summed E-state index contributed by atoms with van der Waals surface area (Å²) in [5.41, 5.74) is 1.65. The summed E-state index contributed by atoms with van der Waals surface area (Å²) in [7, 11) is 1.64. The van der Waals surface area contributed by atoms with Crippen molar-refractivity contribution in [2.45, 2.75) is 19.9 Å². The Labute approximate surface area is 136 Å². The van der Waals surface area contributed by atoms with Crippen LogP contribution in [0.15, 0.2) is 48.5 Å². The van der Waals surface area contributed by atoms with Crippen molar-refractivity contribution in [2.75, 3.05) is 7.11 Å². The van der Waals surface area contributed by atoms with E-state index in [2.05, 4.69) is 19.2 Å². The molecule has 22 heavy (non-hydrogen) atoms. The predicted octanol–water partition coefficient (Wildman–Crippen LogP) is 4.48. The molecule has 1 N–H and O–H groups in total. The third-order valence-corrected chi connectivity index (χ3v) is 3.79. The highest BCUT2D eigenvalue weighted by atomic mass is 35.5. The molecule has 0 saturated heterocycles. The van der Waals surface area contributed by atoms with Gasteiger partial charge >= 0.3 is 0 Å². The van der Waals surface area contributed by atoms with E-state index in [-0.39, 0.29) is 17.9 Å². The molecule has 0 radical (unpaired) electrons. The molecule has 116 valence electrons. The molecule has 0 fully saturated rings. The van der Waals surface area contributed by atoms with Crippen LogP contribution in [-0.2, 0) is 0 Å². The van der Waals surface area contributed by atoms with Gasteiger partial charge in [0.1, 0.15) is 5.75 Å². The summed E-state index contributed by atoms with van der Waals surface area (Å²) in [4.78, 5) is 12.4. The van der Waals surface area contributed by atoms with Gasteiger partial charge in [-0.15, -0.1) is 0 Å². The largest absolute Gasteiger partial charge is 0.497 e. The SMILES string of the molecule is COc1ccc([C@H](NC(=O)c2ccc(Cl)cc2)C(C)C)cc1. The van der Waals surface area contributed by atoms with E-state index >= 15 is 0 Å². The van der Waals surface area contributed by atoms with Crippen LogP contribution >= 0.6 is 11.6 Å². The third kappa shape index (κ3) is 4.01. The van der Waals surface area contributed by atoms with Gasteiger partial charge in [-0.2, -0.15) is 0 Å². The average molecular weight is 318 g/mol. The summed E-state index contributed by atoms with van der Waals surface area (Å²) < 4.78 is 5.17. The fourth-order valence-corrected chi connectivity index (χ4v) is 2.40. The van der Waals surface area contributed by atoms with Crippen molar-refractivity contribution in [3.63, 3.8) is 0 Å². The van der Waals surface area contributed by atoms with Gasteiger partial charge in [0.05, 0.1) is 13.2 Å². The lowest BCUT2D eigenvalue weighted by Gasteiger charge is -2.23. The first kappa shape index (κ1) is 16.4. The lowest BCUT2D eigenvalue weighted by atomic mass is 9.95. The third-order valence-electron chi connectivity index (χ3n) is 3.53. The Morgan fingerprint density at radius 3 is 2.14 bits per heavy atom. The molecule has 2 aromatic carbocycles. The Hall–Kier alpha value is -2.00. The lowest BCUT2D eigenvalue weighted by Crippen LogP contribution is -2.31. The van der Waals surface area contributed by atoms with Gasteiger partial charge in [0.15, 0.2) is 0 Å². The van der Waals surface area contributed by atoms with Gasteiger partial charge in [-0.05, 0) is 47.9 Å². The summed E-state index contributed by atoms with van der Waals surface area (Å²) in [5.74, 6) is 0.964. The normalized spacial score (nSPS) is 12.0. The maximum Gasteiger partial charge on any atom is 0.251 e. The second-order valence-corrected chi connectivity index (χ2v) is 5.91. The van der Waals surface area contributed by atoms with E-state index in [1.165, 1.54) is 0 Å². The van der Waals surface area contributed by atoms with E-state index in [4.69, 9.17) is 16.3 Å². The van der Waals surface area contributed by atoms with E-state index in [1.807, 2.05) is 24.3 Å². The number of halogens is 1. The number of hydrogen-bond acceptors (Lipinski definition) is 2. The summed E-state index contributed by atoms with van der Waals surface area (Å²) in [5, 5.41) is 3.70. The zero-order chi connectivity index (χ0) is 16.1. The highest BCUT2D eigenvalue weighted by molar-refractivity contribution is 6.30. The first-order valence-electron chi connectivity index (χ1n) is 7.21. The van der Waals surface area contributed by atoms with Crippen molar-refractivity contribution < 1.29 is 9.53 Å². The fraction of sp³-hybridized carbons (Fsp3) is 0.278. The van der Waals surface area contributed by atoms with Crippen LogP contribution in [0.25, 0.3) is 0 Å². The number of hydrogen-bond donors (Lipinski definition) is 1. The molecule has 0 aliphatic heterocycles. The van der Waals surface area contributed by atoms with Crippen LogP contribution in [0.2, 0.25) is 5.02 Å². The molecule has 0 spiro atoms. The molecule has 0 saturated carbocycles. The van der Waals surface area contributed by atoms with Crippen LogP contribution in [0.4, 0.5) is 0 Å². The summed E-state index contributed by atoms with van der Waals surface area (Å²) in [6, 6.07) is 14.6.